The summed E-state index contributed by atoms with van der Waals surface area (Å²) in [5.74, 6) is 0.409. The molecule has 16 heavy (non-hydrogen) atoms. The quantitative estimate of drug-likeness (QED) is 0.704. The van der Waals surface area contributed by atoms with E-state index >= 15 is 0 Å². The Morgan fingerprint density at radius 3 is 2.94 bits per heavy atom. The van der Waals surface area contributed by atoms with Crippen LogP contribution in [0.1, 0.15) is 18.4 Å². The minimum absolute atomic E-state index is 0.147. The van der Waals surface area contributed by atoms with Crippen molar-refractivity contribution < 1.29 is 14.6 Å². The molecule has 0 atom stereocenters. The minimum Gasteiger partial charge on any atom is -0.481 e. The van der Waals surface area contributed by atoms with E-state index in [0.717, 1.165) is 5.56 Å². The van der Waals surface area contributed by atoms with Gasteiger partial charge in [0.1, 0.15) is 12.1 Å². The highest BCUT2D eigenvalue weighted by atomic mass is 16.5. The molecule has 0 saturated carbocycles. The lowest BCUT2D eigenvalue weighted by Crippen LogP contribution is -2.08. The van der Waals surface area contributed by atoms with Crippen molar-refractivity contribution in [2.75, 3.05) is 19.0 Å². The Morgan fingerprint density at radius 1 is 1.56 bits per heavy atom. The molecule has 0 spiro atoms. The predicted octanol–water partition coefficient (Wildman–Crippen LogP) is 1.07. The fraction of sp³-hybridized carbons (Fsp3) is 0.500. The molecule has 2 N–H and O–H groups in total. The number of ether oxygens (including phenoxy) is 1. The highest BCUT2D eigenvalue weighted by Crippen LogP contribution is 2.19. The molecule has 6 heteroatoms. The highest BCUT2D eigenvalue weighted by Gasteiger charge is 2.06. The summed E-state index contributed by atoms with van der Waals surface area (Å²) in [6.07, 6.45) is 2.11. The van der Waals surface area contributed by atoms with Crippen LogP contribution in [0.5, 0.6) is 5.88 Å². The van der Waals surface area contributed by atoms with E-state index in [1.165, 1.54) is 6.33 Å². The lowest BCUT2D eigenvalue weighted by molar-refractivity contribution is -0.137. The van der Waals surface area contributed by atoms with Crippen LogP contribution in [0.4, 0.5) is 5.82 Å². The lowest BCUT2D eigenvalue weighted by atomic mass is 10.3. The third kappa shape index (κ3) is 3.38. The Bertz CT molecular complexity index is 368. The van der Waals surface area contributed by atoms with Crippen LogP contribution in [0, 0.1) is 6.92 Å². The number of rotatable bonds is 6. The third-order valence-corrected chi connectivity index (χ3v) is 2.09. The monoisotopic (exact) mass is 225 g/mol. The third-order valence-electron chi connectivity index (χ3n) is 2.09. The van der Waals surface area contributed by atoms with Gasteiger partial charge in [-0.1, -0.05) is 0 Å². The van der Waals surface area contributed by atoms with E-state index < -0.39 is 5.97 Å². The molecule has 0 unspecified atom stereocenters. The van der Waals surface area contributed by atoms with E-state index in [0.29, 0.717) is 24.7 Å². The van der Waals surface area contributed by atoms with Gasteiger partial charge in [0.25, 0.3) is 0 Å². The zero-order valence-electron chi connectivity index (χ0n) is 9.36. The normalized spacial score (nSPS) is 9.88. The van der Waals surface area contributed by atoms with Crippen LogP contribution < -0.4 is 10.1 Å². The lowest BCUT2D eigenvalue weighted by Gasteiger charge is -2.09. The largest absolute Gasteiger partial charge is 0.481 e. The number of carboxylic acid groups (broad SMARTS) is 1. The number of carboxylic acids is 1. The predicted molar refractivity (Wildman–Crippen MR) is 58.7 cm³/mol. The first-order chi connectivity index (χ1) is 7.65. The Morgan fingerprint density at radius 2 is 2.31 bits per heavy atom. The molecule has 0 bridgehead atoms. The van der Waals surface area contributed by atoms with Gasteiger partial charge in [-0.15, -0.1) is 0 Å². The van der Waals surface area contributed by atoms with E-state index in [4.69, 9.17) is 9.84 Å². The molecule has 88 valence electrons. The van der Waals surface area contributed by atoms with E-state index in [1.54, 1.807) is 7.11 Å². The second-order valence-corrected chi connectivity index (χ2v) is 3.28. The molecule has 0 aliphatic heterocycles. The maximum absolute atomic E-state index is 10.3. The highest BCUT2D eigenvalue weighted by molar-refractivity contribution is 5.66. The van der Waals surface area contributed by atoms with Gasteiger partial charge in [-0.25, -0.2) is 9.97 Å². The van der Waals surface area contributed by atoms with Gasteiger partial charge in [-0.2, -0.15) is 0 Å². The number of nitrogens with one attached hydrogen (secondary N) is 1. The average molecular weight is 225 g/mol. The van der Waals surface area contributed by atoms with Crippen molar-refractivity contribution in [1.82, 2.24) is 9.97 Å². The maximum Gasteiger partial charge on any atom is 0.303 e. The first kappa shape index (κ1) is 12.2. The molecule has 0 aliphatic rings. The van der Waals surface area contributed by atoms with Crippen molar-refractivity contribution >= 4 is 11.8 Å². The standard InChI is InChI=1S/C10H15N3O3/c1-7-9(11-5-3-4-8(14)15)12-6-13-10(7)16-2/h6H,3-5H2,1-2H3,(H,14,15)(H,11,12,13). The molecular formula is C10H15N3O3. The number of aliphatic carboxylic acids is 1. The van der Waals surface area contributed by atoms with Crippen molar-refractivity contribution in [3.05, 3.63) is 11.9 Å². The van der Waals surface area contributed by atoms with Crippen molar-refractivity contribution in [2.24, 2.45) is 0 Å². The Labute approximate surface area is 93.7 Å². The van der Waals surface area contributed by atoms with E-state index in [-0.39, 0.29) is 6.42 Å². The van der Waals surface area contributed by atoms with E-state index in [9.17, 15) is 4.79 Å². The second kappa shape index (κ2) is 5.89. The number of hydrogen-bond donors (Lipinski definition) is 2. The van der Waals surface area contributed by atoms with E-state index in [2.05, 4.69) is 15.3 Å². The van der Waals surface area contributed by atoms with Crippen molar-refractivity contribution in [3.63, 3.8) is 0 Å². The first-order valence-electron chi connectivity index (χ1n) is 4.96. The topological polar surface area (TPSA) is 84.3 Å². The minimum atomic E-state index is -0.793. The Kier molecular flexibility index (Phi) is 4.50. The molecule has 0 saturated heterocycles. The summed E-state index contributed by atoms with van der Waals surface area (Å²) in [6.45, 7) is 2.41. The molecule has 0 radical (unpaired) electrons. The summed E-state index contributed by atoms with van der Waals surface area (Å²) < 4.78 is 5.04. The van der Waals surface area contributed by atoms with Crippen molar-refractivity contribution in [2.45, 2.75) is 19.8 Å². The SMILES string of the molecule is COc1ncnc(NCCCC(=O)O)c1C. The molecule has 0 amide bonds. The van der Waals surface area contributed by atoms with Gasteiger partial charge >= 0.3 is 5.97 Å². The molecule has 6 nitrogen and oxygen atoms in total. The molecular weight excluding hydrogens is 210 g/mol. The number of anilines is 1. The number of nitrogens with zero attached hydrogens (tertiary/aromatic N) is 2. The summed E-state index contributed by atoms with van der Waals surface area (Å²) in [7, 11) is 1.55. The van der Waals surface area contributed by atoms with Gasteiger partial charge in [0.05, 0.1) is 12.7 Å². The van der Waals surface area contributed by atoms with Crippen LogP contribution in [0.25, 0.3) is 0 Å². The van der Waals surface area contributed by atoms with Crippen LogP contribution in [0.15, 0.2) is 6.33 Å². The van der Waals surface area contributed by atoms with Crippen LogP contribution in [0.3, 0.4) is 0 Å². The Hall–Kier alpha value is -1.85. The zero-order chi connectivity index (χ0) is 12.0. The second-order valence-electron chi connectivity index (χ2n) is 3.28. The molecule has 1 heterocycles. The molecule has 0 fully saturated rings. The summed E-state index contributed by atoms with van der Waals surface area (Å²) in [5, 5.41) is 11.5. The summed E-state index contributed by atoms with van der Waals surface area (Å²) in [6, 6.07) is 0. The van der Waals surface area contributed by atoms with Crippen LogP contribution in [-0.4, -0.2) is 34.7 Å². The molecule has 0 aromatic carbocycles. The summed E-state index contributed by atoms with van der Waals surface area (Å²) >= 11 is 0. The van der Waals surface area contributed by atoms with Crippen LogP contribution >= 0.6 is 0 Å². The fourth-order valence-electron chi connectivity index (χ4n) is 1.26. The summed E-state index contributed by atoms with van der Waals surface area (Å²) in [4.78, 5) is 18.3. The zero-order valence-corrected chi connectivity index (χ0v) is 9.36. The number of carbonyl (C=O) groups is 1. The molecule has 1 aromatic heterocycles. The Balaban J connectivity index is 2.50. The van der Waals surface area contributed by atoms with Gasteiger partial charge in [0, 0.05) is 13.0 Å². The van der Waals surface area contributed by atoms with Gasteiger partial charge < -0.3 is 15.2 Å². The number of aromatic nitrogens is 2. The average Bonchev–Trinajstić information content (AvgIpc) is 2.26. The van der Waals surface area contributed by atoms with Gasteiger partial charge in [0.15, 0.2) is 0 Å². The van der Waals surface area contributed by atoms with Gasteiger partial charge in [0.2, 0.25) is 5.88 Å². The fourth-order valence-corrected chi connectivity index (χ4v) is 1.26. The van der Waals surface area contributed by atoms with Gasteiger partial charge in [-0.05, 0) is 13.3 Å². The molecule has 1 aromatic rings. The smallest absolute Gasteiger partial charge is 0.303 e. The number of hydrogen-bond acceptors (Lipinski definition) is 5. The van der Waals surface area contributed by atoms with Crippen molar-refractivity contribution in [1.29, 1.82) is 0 Å². The number of methoxy groups -OCH3 is 1. The van der Waals surface area contributed by atoms with Crippen LogP contribution in [-0.2, 0) is 4.79 Å². The summed E-state index contributed by atoms with van der Waals surface area (Å²) in [5.41, 5.74) is 0.820. The molecule has 1 rings (SSSR count). The van der Waals surface area contributed by atoms with Crippen LogP contribution in [0.2, 0.25) is 0 Å². The van der Waals surface area contributed by atoms with Gasteiger partial charge in [-0.3, -0.25) is 4.79 Å². The maximum atomic E-state index is 10.3. The van der Waals surface area contributed by atoms with Crippen molar-refractivity contribution in [3.8, 4) is 5.88 Å². The first-order valence-corrected chi connectivity index (χ1v) is 4.96. The molecule has 0 aliphatic carbocycles. The van der Waals surface area contributed by atoms with E-state index in [1.807, 2.05) is 6.92 Å².